The molecular weight excluding hydrogens is 351 g/mol. The SMILES string of the molecule is CCCNC(=O)[C@@H](C)NC(=O)[C@@H]1CCCN(C(=O)Nc2ccccc2F)C1. The van der Waals surface area contributed by atoms with Crippen LogP contribution in [-0.4, -0.2) is 48.4 Å². The van der Waals surface area contributed by atoms with Gasteiger partial charge in [0.05, 0.1) is 11.6 Å². The number of carbonyl (C=O) groups is 3. The second-order valence-electron chi connectivity index (χ2n) is 6.72. The van der Waals surface area contributed by atoms with E-state index in [9.17, 15) is 18.8 Å². The molecule has 1 fully saturated rings. The fourth-order valence-electron chi connectivity index (χ4n) is 2.93. The number of halogens is 1. The third kappa shape index (κ3) is 5.94. The Hall–Kier alpha value is -2.64. The Labute approximate surface area is 158 Å². The van der Waals surface area contributed by atoms with Crippen molar-refractivity contribution in [2.75, 3.05) is 25.0 Å². The average molecular weight is 378 g/mol. The first-order valence-corrected chi connectivity index (χ1v) is 9.31. The van der Waals surface area contributed by atoms with Crippen LogP contribution >= 0.6 is 0 Å². The van der Waals surface area contributed by atoms with Crippen LogP contribution in [0.2, 0.25) is 0 Å². The van der Waals surface area contributed by atoms with Crippen molar-refractivity contribution in [2.24, 2.45) is 5.92 Å². The number of piperidine rings is 1. The minimum atomic E-state index is -0.633. The van der Waals surface area contributed by atoms with Crippen molar-refractivity contribution in [2.45, 2.75) is 39.2 Å². The highest BCUT2D eigenvalue weighted by Gasteiger charge is 2.30. The molecule has 7 nitrogen and oxygen atoms in total. The molecule has 0 spiro atoms. The number of para-hydroxylation sites is 1. The molecular formula is C19H27FN4O3. The molecule has 1 aliphatic heterocycles. The van der Waals surface area contributed by atoms with E-state index in [-0.39, 0.29) is 24.0 Å². The summed E-state index contributed by atoms with van der Waals surface area (Å²) in [5, 5.41) is 7.98. The van der Waals surface area contributed by atoms with E-state index in [4.69, 9.17) is 0 Å². The van der Waals surface area contributed by atoms with Crippen molar-refractivity contribution in [1.82, 2.24) is 15.5 Å². The van der Waals surface area contributed by atoms with Crippen molar-refractivity contribution in [3.8, 4) is 0 Å². The van der Waals surface area contributed by atoms with E-state index in [0.29, 0.717) is 25.9 Å². The largest absolute Gasteiger partial charge is 0.354 e. The molecule has 1 aromatic rings. The average Bonchev–Trinajstić information content (AvgIpc) is 2.67. The Morgan fingerprint density at radius 3 is 2.74 bits per heavy atom. The maximum Gasteiger partial charge on any atom is 0.321 e. The van der Waals surface area contributed by atoms with Crippen LogP contribution in [0.3, 0.4) is 0 Å². The van der Waals surface area contributed by atoms with Crippen LogP contribution in [-0.2, 0) is 9.59 Å². The van der Waals surface area contributed by atoms with Crippen molar-refractivity contribution in [3.63, 3.8) is 0 Å². The highest BCUT2D eigenvalue weighted by molar-refractivity contribution is 5.91. The van der Waals surface area contributed by atoms with Crippen LogP contribution in [0.1, 0.15) is 33.1 Å². The van der Waals surface area contributed by atoms with Gasteiger partial charge in [0.1, 0.15) is 11.9 Å². The van der Waals surface area contributed by atoms with Gasteiger partial charge in [0.15, 0.2) is 0 Å². The second-order valence-corrected chi connectivity index (χ2v) is 6.72. The third-order valence-electron chi connectivity index (χ3n) is 4.50. The lowest BCUT2D eigenvalue weighted by Gasteiger charge is -2.32. The van der Waals surface area contributed by atoms with E-state index in [2.05, 4.69) is 16.0 Å². The van der Waals surface area contributed by atoms with E-state index >= 15 is 0 Å². The van der Waals surface area contributed by atoms with E-state index in [1.807, 2.05) is 6.92 Å². The number of carbonyl (C=O) groups excluding carboxylic acids is 3. The van der Waals surface area contributed by atoms with Gasteiger partial charge >= 0.3 is 6.03 Å². The van der Waals surface area contributed by atoms with Crippen LogP contribution < -0.4 is 16.0 Å². The summed E-state index contributed by atoms with van der Waals surface area (Å²) in [5.74, 6) is -1.39. The van der Waals surface area contributed by atoms with Gasteiger partial charge in [-0.3, -0.25) is 9.59 Å². The van der Waals surface area contributed by atoms with Gasteiger partial charge in [-0.2, -0.15) is 0 Å². The van der Waals surface area contributed by atoms with Crippen molar-refractivity contribution >= 4 is 23.5 Å². The number of hydrogen-bond acceptors (Lipinski definition) is 3. The van der Waals surface area contributed by atoms with Gasteiger partial charge in [-0.15, -0.1) is 0 Å². The Kier molecular flexibility index (Phi) is 7.57. The standard InChI is InChI=1S/C19H27FN4O3/c1-3-10-21-17(25)13(2)22-18(26)14-7-6-11-24(12-14)19(27)23-16-9-5-4-8-15(16)20/h4-5,8-9,13-14H,3,6-7,10-12H2,1-2H3,(H,21,25)(H,22,26)(H,23,27)/t13-,14-/m1/s1. The van der Waals surface area contributed by atoms with E-state index in [0.717, 1.165) is 6.42 Å². The molecule has 0 bridgehead atoms. The molecule has 1 heterocycles. The Balaban J connectivity index is 1.89. The predicted molar refractivity (Wildman–Crippen MR) is 101 cm³/mol. The number of rotatable bonds is 6. The Morgan fingerprint density at radius 2 is 2.04 bits per heavy atom. The first-order chi connectivity index (χ1) is 12.9. The molecule has 1 aromatic carbocycles. The molecule has 0 aromatic heterocycles. The molecule has 0 saturated carbocycles. The topological polar surface area (TPSA) is 90.5 Å². The molecule has 2 rings (SSSR count). The van der Waals surface area contributed by atoms with Crippen LogP contribution in [0.25, 0.3) is 0 Å². The summed E-state index contributed by atoms with van der Waals surface area (Å²) in [6.45, 7) is 4.87. The molecule has 8 heteroatoms. The van der Waals surface area contributed by atoms with Crippen LogP contribution in [0, 0.1) is 11.7 Å². The molecule has 2 atom stereocenters. The first-order valence-electron chi connectivity index (χ1n) is 9.31. The lowest BCUT2D eigenvalue weighted by Crippen LogP contribution is -2.51. The molecule has 0 radical (unpaired) electrons. The number of amides is 4. The zero-order valence-electron chi connectivity index (χ0n) is 15.8. The summed E-state index contributed by atoms with van der Waals surface area (Å²) in [4.78, 5) is 38.2. The Morgan fingerprint density at radius 1 is 1.30 bits per heavy atom. The van der Waals surface area contributed by atoms with Gasteiger partial charge < -0.3 is 20.9 Å². The van der Waals surface area contributed by atoms with Crippen molar-refractivity contribution in [1.29, 1.82) is 0 Å². The zero-order chi connectivity index (χ0) is 19.8. The number of nitrogens with zero attached hydrogens (tertiary/aromatic N) is 1. The van der Waals surface area contributed by atoms with Crippen LogP contribution in [0.15, 0.2) is 24.3 Å². The van der Waals surface area contributed by atoms with E-state index in [1.54, 1.807) is 19.1 Å². The highest BCUT2D eigenvalue weighted by Crippen LogP contribution is 2.19. The van der Waals surface area contributed by atoms with Crippen LogP contribution in [0.4, 0.5) is 14.9 Å². The van der Waals surface area contributed by atoms with Crippen molar-refractivity contribution < 1.29 is 18.8 Å². The number of likely N-dealkylation sites (tertiary alicyclic amines) is 1. The van der Waals surface area contributed by atoms with E-state index < -0.39 is 23.8 Å². The summed E-state index contributed by atoms with van der Waals surface area (Å²) in [5.41, 5.74) is 0.107. The van der Waals surface area contributed by atoms with Gasteiger partial charge in [0.2, 0.25) is 11.8 Å². The summed E-state index contributed by atoms with van der Waals surface area (Å²) in [7, 11) is 0. The van der Waals surface area contributed by atoms with Gasteiger partial charge in [0, 0.05) is 19.6 Å². The molecule has 3 N–H and O–H groups in total. The fraction of sp³-hybridized carbons (Fsp3) is 0.526. The minimum Gasteiger partial charge on any atom is -0.354 e. The number of urea groups is 1. The normalized spacial score (nSPS) is 17.7. The maximum atomic E-state index is 13.7. The monoisotopic (exact) mass is 378 g/mol. The number of nitrogens with one attached hydrogen (secondary N) is 3. The molecule has 4 amide bonds. The summed E-state index contributed by atoms with van der Waals surface area (Å²) < 4.78 is 13.7. The van der Waals surface area contributed by atoms with Gasteiger partial charge in [-0.1, -0.05) is 19.1 Å². The smallest absolute Gasteiger partial charge is 0.321 e. The third-order valence-corrected chi connectivity index (χ3v) is 4.50. The Bertz CT molecular complexity index is 683. The molecule has 1 aliphatic rings. The molecule has 0 aliphatic carbocycles. The predicted octanol–water partition coefficient (Wildman–Crippen LogP) is 2.10. The lowest BCUT2D eigenvalue weighted by molar-refractivity contribution is -0.131. The van der Waals surface area contributed by atoms with Crippen LogP contribution in [0.5, 0.6) is 0 Å². The second kappa shape index (κ2) is 9.89. The highest BCUT2D eigenvalue weighted by atomic mass is 19.1. The summed E-state index contributed by atoms with van der Waals surface area (Å²) in [6.07, 6.45) is 2.12. The quantitative estimate of drug-likeness (QED) is 0.708. The lowest BCUT2D eigenvalue weighted by atomic mass is 9.97. The summed E-state index contributed by atoms with van der Waals surface area (Å²) >= 11 is 0. The molecule has 148 valence electrons. The summed E-state index contributed by atoms with van der Waals surface area (Å²) in [6, 6.07) is 4.86. The number of anilines is 1. The van der Waals surface area contributed by atoms with Crippen molar-refractivity contribution in [3.05, 3.63) is 30.1 Å². The maximum absolute atomic E-state index is 13.7. The van der Waals surface area contributed by atoms with E-state index in [1.165, 1.54) is 17.0 Å². The minimum absolute atomic E-state index is 0.107. The first kappa shape index (κ1) is 20.7. The number of benzene rings is 1. The molecule has 0 unspecified atom stereocenters. The van der Waals surface area contributed by atoms with Gasteiger partial charge in [0.25, 0.3) is 0 Å². The van der Waals surface area contributed by atoms with Gasteiger partial charge in [-0.25, -0.2) is 9.18 Å². The fourth-order valence-corrected chi connectivity index (χ4v) is 2.93. The molecule has 1 saturated heterocycles. The van der Waals surface area contributed by atoms with Gasteiger partial charge in [-0.05, 0) is 38.3 Å². The molecule has 27 heavy (non-hydrogen) atoms. The zero-order valence-corrected chi connectivity index (χ0v) is 15.8. The number of hydrogen-bond donors (Lipinski definition) is 3.